The maximum Gasteiger partial charge on any atom is 0.232 e. The summed E-state index contributed by atoms with van der Waals surface area (Å²) in [7, 11) is 0. The van der Waals surface area contributed by atoms with Gasteiger partial charge in [0.25, 0.3) is 0 Å². The average molecular weight is 271 g/mol. The number of carbonyl (C=O) groups is 1. The lowest BCUT2D eigenvalue weighted by atomic mass is 9.86. The zero-order chi connectivity index (χ0) is 13.8. The molecule has 0 saturated heterocycles. The van der Waals surface area contributed by atoms with Crippen LogP contribution >= 0.6 is 12.2 Å². The number of amides is 1. The molecule has 5 heteroatoms. The standard InChI is InChI=1S/C13H25N3OS/c1-4-13(3,11(14)18)12(17)15-8-9-16(5-2)10-6-7-10/h10H,4-9H2,1-3H3,(H2,14,18)(H,15,17). The van der Waals surface area contributed by atoms with Crippen LogP contribution in [0.4, 0.5) is 0 Å². The Morgan fingerprint density at radius 3 is 2.50 bits per heavy atom. The number of nitrogens with two attached hydrogens (primary N) is 1. The van der Waals surface area contributed by atoms with E-state index in [1.54, 1.807) is 0 Å². The third kappa shape index (κ3) is 3.65. The van der Waals surface area contributed by atoms with Crippen LogP contribution in [0.2, 0.25) is 0 Å². The highest BCUT2D eigenvalue weighted by atomic mass is 32.1. The third-order valence-electron chi connectivity index (χ3n) is 3.91. The summed E-state index contributed by atoms with van der Waals surface area (Å²) in [6.45, 7) is 8.52. The Bertz CT molecular complexity index is 317. The van der Waals surface area contributed by atoms with Crippen LogP contribution in [0.1, 0.15) is 40.0 Å². The number of hydrogen-bond donors (Lipinski definition) is 2. The number of thiocarbonyl (C=S) groups is 1. The van der Waals surface area contributed by atoms with Gasteiger partial charge in [0.2, 0.25) is 5.91 Å². The van der Waals surface area contributed by atoms with Crippen LogP contribution in [0.15, 0.2) is 0 Å². The molecule has 0 bridgehead atoms. The maximum absolute atomic E-state index is 12.1. The number of nitrogens with zero attached hydrogens (tertiary/aromatic N) is 1. The zero-order valence-corrected chi connectivity index (χ0v) is 12.5. The van der Waals surface area contributed by atoms with Gasteiger partial charge in [0, 0.05) is 19.1 Å². The molecule has 1 atom stereocenters. The molecule has 18 heavy (non-hydrogen) atoms. The van der Waals surface area contributed by atoms with Crippen molar-refractivity contribution in [3.8, 4) is 0 Å². The van der Waals surface area contributed by atoms with Crippen molar-refractivity contribution in [3.05, 3.63) is 0 Å². The first kappa shape index (κ1) is 15.4. The van der Waals surface area contributed by atoms with E-state index in [4.69, 9.17) is 18.0 Å². The molecule has 0 aromatic rings. The highest BCUT2D eigenvalue weighted by Gasteiger charge is 2.34. The first-order chi connectivity index (χ1) is 8.45. The van der Waals surface area contributed by atoms with E-state index in [1.165, 1.54) is 12.8 Å². The number of hydrogen-bond acceptors (Lipinski definition) is 3. The van der Waals surface area contributed by atoms with Gasteiger partial charge in [0.05, 0.1) is 10.4 Å². The van der Waals surface area contributed by atoms with E-state index in [1.807, 2.05) is 13.8 Å². The van der Waals surface area contributed by atoms with Crippen molar-refractivity contribution in [1.29, 1.82) is 0 Å². The topological polar surface area (TPSA) is 58.4 Å². The molecule has 104 valence electrons. The second kappa shape index (κ2) is 6.48. The van der Waals surface area contributed by atoms with Gasteiger partial charge in [-0.05, 0) is 32.7 Å². The fourth-order valence-corrected chi connectivity index (χ4v) is 2.23. The second-order valence-electron chi connectivity index (χ2n) is 5.17. The molecule has 0 spiro atoms. The fourth-order valence-electron chi connectivity index (χ4n) is 1.99. The van der Waals surface area contributed by atoms with Gasteiger partial charge < -0.3 is 11.1 Å². The Kier molecular flexibility index (Phi) is 5.53. The van der Waals surface area contributed by atoms with E-state index in [9.17, 15) is 4.79 Å². The Morgan fingerprint density at radius 2 is 2.11 bits per heavy atom. The van der Waals surface area contributed by atoms with E-state index >= 15 is 0 Å². The zero-order valence-electron chi connectivity index (χ0n) is 11.7. The number of likely N-dealkylation sites (N-methyl/N-ethyl adjacent to an activating group) is 1. The molecule has 1 aliphatic rings. The van der Waals surface area contributed by atoms with Gasteiger partial charge in [0.15, 0.2) is 0 Å². The van der Waals surface area contributed by atoms with Gasteiger partial charge in [-0.1, -0.05) is 26.1 Å². The Labute approximate surface area is 115 Å². The minimum absolute atomic E-state index is 0.0515. The highest BCUT2D eigenvalue weighted by Crippen LogP contribution is 2.26. The predicted octanol–water partition coefficient (Wildman–Crippen LogP) is 1.29. The molecule has 0 aliphatic heterocycles. The lowest BCUT2D eigenvalue weighted by Gasteiger charge is -2.26. The Hall–Kier alpha value is -0.680. The molecule has 1 amide bonds. The lowest BCUT2D eigenvalue weighted by molar-refractivity contribution is -0.127. The van der Waals surface area contributed by atoms with Gasteiger partial charge >= 0.3 is 0 Å². The van der Waals surface area contributed by atoms with Crippen LogP contribution in [0.5, 0.6) is 0 Å². The molecular weight excluding hydrogens is 246 g/mol. The number of rotatable bonds is 8. The van der Waals surface area contributed by atoms with Gasteiger partial charge in [-0.25, -0.2) is 0 Å². The molecule has 1 unspecified atom stereocenters. The van der Waals surface area contributed by atoms with Gasteiger partial charge in [-0.2, -0.15) is 0 Å². The Balaban J connectivity index is 2.37. The van der Waals surface area contributed by atoms with Crippen LogP contribution in [0.3, 0.4) is 0 Å². The van der Waals surface area contributed by atoms with E-state index in [0.29, 0.717) is 13.0 Å². The summed E-state index contributed by atoms with van der Waals surface area (Å²) in [4.78, 5) is 14.8. The molecule has 1 aliphatic carbocycles. The van der Waals surface area contributed by atoms with Crippen LogP contribution < -0.4 is 11.1 Å². The summed E-state index contributed by atoms with van der Waals surface area (Å²) in [5.41, 5.74) is 4.94. The smallest absolute Gasteiger partial charge is 0.232 e. The van der Waals surface area contributed by atoms with Crippen LogP contribution in [-0.4, -0.2) is 41.5 Å². The highest BCUT2D eigenvalue weighted by molar-refractivity contribution is 7.80. The number of nitrogens with one attached hydrogen (secondary N) is 1. The van der Waals surface area contributed by atoms with E-state index in [0.717, 1.165) is 19.1 Å². The van der Waals surface area contributed by atoms with Gasteiger partial charge in [-0.15, -0.1) is 0 Å². The van der Waals surface area contributed by atoms with Crippen LogP contribution in [0.25, 0.3) is 0 Å². The minimum Gasteiger partial charge on any atom is -0.392 e. The largest absolute Gasteiger partial charge is 0.392 e. The summed E-state index contributed by atoms with van der Waals surface area (Å²) in [6, 6.07) is 0.736. The quantitative estimate of drug-likeness (QED) is 0.653. The lowest BCUT2D eigenvalue weighted by Crippen LogP contribution is -2.48. The van der Waals surface area contributed by atoms with Crippen molar-refractivity contribution >= 4 is 23.1 Å². The monoisotopic (exact) mass is 271 g/mol. The molecule has 1 saturated carbocycles. The normalized spacial score (nSPS) is 18.4. The molecule has 0 radical (unpaired) electrons. The number of carbonyl (C=O) groups excluding carboxylic acids is 1. The van der Waals surface area contributed by atoms with Gasteiger partial charge in [-0.3, -0.25) is 9.69 Å². The molecule has 0 heterocycles. The molecule has 0 aromatic carbocycles. The average Bonchev–Trinajstić information content (AvgIpc) is 3.17. The summed E-state index contributed by atoms with van der Waals surface area (Å²) in [5, 5.41) is 2.95. The van der Waals surface area contributed by atoms with Crippen molar-refractivity contribution in [3.63, 3.8) is 0 Å². The van der Waals surface area contributed by atoms with Gasteiger partial charge in [0.1, 0.15) is 0 Å². The SMILES string of the molecule is CCN(CCNC(=O)C(C)(CC)C(N)=S)C1CC1. The van der Waals surface area contributed by atoms with Crippen LogP contribution in [0, 0.1) is 5.41 Å². The fraction of sp³-hybridized carbons (Fsp3) is 0.846. The van der Waals surface area contributed by atoms with Crippen molar-refractivity contribution in [2.75, 3.05) is 19.6 Å². The minimum atomic E-state index is -0.716. The van der Waals surface area contributed by atoms with E-state index < -0.39 is 5.41 Å². The Morgan fingerprint density at radius 1 is 1.50 bits per heavy atom. The van der Waals surface area contributed by atoms with Crippen LogP contribution in [-0.2, 0) is 4.79 Å². The molecule has 1 rings (SSSR count). The summed E-state index contributed by atoms with van der Waals surface area (Å²) >= 11 is 4.99. The third-order valence-corrected chi connectivity index (χ3v) is 4.36. The molecule has 0 aromatic heterocycles. The molecule has 1 fully saturated rings. The molecular formula is C13H25N3OS. The van der Waals surface area contributed by atoms with E-state index in [2.05, 4.69) is 17.1 Å². The van der Waals surface area contributed by atoms with Crippen molar-refractivity contribution in [2.24, 2.45) is 11.1 Å². The van der Waals surface area contributed by atoms with Crippen molar-refractivity contribution < 1.29 is 4.79 Å². The first-order valence-corrected chi connectivity index (χ1v) is 7.18. The van der Waals surface area contributed by atoms with Crippen molar-refractivity contribution in [2.45, 2.75) is 46.1 Å². The summed E-state index contributed by atoms with van der Waals surface area (Å²) in [5.74, 6) is -0.0515. The first-order valence-electron chi connectivity index (χ1n) is 6.78. The summed E-state index contributed by atoms with van der Waals surface area (Å²) in [6.07, 6.45) is 3.22. The maximum atomic E-state index is 12.1. The summed E-state index contributed by atoms with van der Waals surface area (Å²) < 4.78 is 0. The molecule has 3 N–H and O–H groups in total. The van der Waals surface area contributed by atoms with E-state index in [-0.39, 0.29) is 10.9 Å². The van der Waals surface area contributed by atoms with Crippen molar-refractivity contribution in [1.82, 2.24) is 10.2 Å². The predicted molar refractivity (Wildman–Crippen MR) is 78.5 cm³/mol. The second-order valence-corrected chi connectivity index (χ2v) is 5.61. The molecule has 4 nitrogen and oxygen atoms in total.